The zero-order chi connectivity index (χ0) is 23.1. The number of amides is 1. The minimum atomic E-state index is -0.507. The van der Waals surface area contributed by atoms with E-state index in [1.165, 1.54) is 32.4 Å². The number of carbonyl (C=O) groups is 2. The second kappa shape index (κ2) is 10.3. The van der Waals surface area contributed by atoms with Crippen molar-refractivity contribution in [2.75, 3.05) is 27.4 Å². The van der Waals surface area contributed by atoms with Crippen LogP contribution in [0.25, 0.3) is 23.1 Å². The number of fused-ring (bicyclic) bond motifs is 1. The normalized spacial score (nSPS) is 10.8. The molecule has 0 saturated carbocycles. The first-order chi connectivity index (χ1) is 15.4. The Bertz CT molecular complexity index is 1230. The van der Waals surface area contributed by atoms with Gasteiger partial charge in [-0.2, -0.15) is 0 Å². The van der Waals surface area contributed by atoms with Crippen LogP contribution >= 0.6 is 0 Å². The molecule has 0 unspecified atom stereocenters. The molecule has 0 fully saturated rings. The lowest BCUT2D eigenvalue weighted by Gasteiger charge is -2.11. The Morgan fingerprint density at radius 3 is 2.62 bits per heavy atom. The van der Waals surface area contributed by atoms with E-state index in [9.17, 15) is 14.4 Å². The maximum Gasteiger partial charge on any atom is 0.337 e. The number of likely N-dealkylation sites (N-methyl/N-ethyl adjacent to an activating group) is 1. The number of ether oxygens (including phenoxy) is 3. The summed E-state index contributed by atoms with van der Waals surface area (Å²) in [6.45, 7) is 2.24. The number of aromatic amines is 1. The highest BCUT2D eigenvalue weighted by Gasteiger charge is 2.10. The van der Waals surface area contributed by atoms with E-state index in [2.05, 4.69) is 15.3 Å². The maximum atomic E-state index is 12.4. The van der Waals surface area contributed by atoms with Gasteiger partial charge in [-0.05, 0) is 48.9 Å². The molecule has 0 radical (unpaired) electrons. The Hall–Kier alpha value is -4.14. The van der Waals surface area contributed by atoms with Gasteiger partial charge in [0.2, 0.25) is 0 Å². The van der Waals surface area contributed by atoms with E-state index in [0.717, 1.165) is 5.56 Å². The molecule has 1 amide bonds. The van der Waals surface area contributed by atoms with Gasteiger partial charge in [0.05, 0.1) is 30.7 Å². The topological polar surface area (TPSA) is 120 Å². The average molecular weight is 437 g/mol. The van der Waals surface area contributed by atoms with Crippen LogP contribution in [0.2, 0.25) is 0 Å². The predicted octanol–water partition coefficient (Wildman–Crippen LogP) is 2.40. The number of esters is 1. The van der Waals surface area contributed by atoms with Crippen LogP contribution in [0, 0.1) is 0 Å². The third-order valence-electron chi connectivity index (χ3n) is 4.50. The number of rotatable bonds is 8. The zero-order valence-corrected chi connectivity index (χ0v) is 17.9. The fraction of sp³-hybridized carbons (Fsp3) is 0.217. The monoisotopic (exact) mass is 437 g/mol. The van der Waals surface area contributed by atoms with Crippen molar-refractivity contribution >= 4 is 34.9 Å². The summed E-state index contributed by atoms with van der Waals surface area (Å²) < 4.78 is 15.6. The van der Waals surface area contributed by atoms with Crippen LogP contribution in [0.3, 0.4) is 0 Å². The van der Waals surface area contributed by atoms with E-state index in [1.54, 1.807) is 30.4 Å². The first kappa shape index (κ1) is 22.5. The molecule has 9 nitrogen and oxygen atoms in total. The summed E-state index contributed by atoms with van der Waals surface area (Å²) in [5, 5.41) is 3.02. The van der Waals surface area contributed by atoms with Crippen LogP contribution in [-0.2, 0) is 9.53 Å². The van der Waals surface area contributed by atoms with Gasteiger partial charge in [0.25, 0.3) is 11.5 Å². The van der Waals surface area contributed by atoms with Crippen molar-refractivity contribution in [3.63, 3.8) is 0 Å². The van der Waals surface area contributed by atoms with Gasteiger partial charge in [-0.1, -0.05) is 12.1 Å². The third-order valence-corrected chi connectivity index (χ3v) is 4.50. The van der Waals surface area contributed by atoms with Crippen molar-refractivity contribution in [1.29, 1.82) is 0 Å². The number of nitrogens with one attached hydrogen (secondary N) is 2. The van der Waals surface area contributed by atoms with Gasteiger partial charge in [0.15, 0.2) is 18.1 Å². The van der Waals surface area contributed by atoms with E-state index in [0.29, 0.717) is 40.3 Å². The summed E-state index contributed by atoms with van der Waals surface area (Å²) in [5.74, 6) is 0.482. The van der Waals surface area contributed by atoms with E-state index in [1.807, 2.05) is 6.92 Å². The van der Waals surface area contributed by atoms with Gasteiger partial charge in [-0.3, -0.25) is 9.59 Å². The Morgan fingerprint density at radius 1 is 1.09 bits per heavy atom. The fourth-order valence-corrected chi connectivity index (χ4v) is 2.96. The molecule has 3 rings (SSSR count). The Balaban J connectivity index is 1.84. The summed E-state index contributed by atoms with van der Waals surface area (Å²) in [6.07, 6.45) is 3.38. The lowest BCUT2D eigenvalue weighted by atomic mass is 10.1. The number of hydrogen-bond donors (Lipinski definition) is 2. The van der Waals surface area contributed by atoms with Crippen LogP contribution in [0.15, 0.2) is 41.2 Å². The lowest BCUT2D eigenvalue weighted by molar-refractivity contribution is -0.123. The Labute approximate surface area is 184 Å². The number of aromatic nitrogens is 2. The predicted molar refractivity (Wildman–Crippen MR) is 120 cm³/mol. The van der Waals surface area contributed by atoms with E-state index < -0.39 is 5.97 Å². The van der Waals surface area contributed by atoms with Crippen molar-refractivity contribution < 1.29 is 23.8 Å². The highest BCUT2D eigenvalue weighted by Crippen LogP contribution is 2.28. The largest absolute Gasteiger partial charge is 0.493 e. The molecule has 0 aliphatic rings. The molecule has 32 heavy (non-hydrogen) atoms. The number of benzene rings is 2. The molecule has 0 saturated heterocycles. The molecule has 2 aromatic carbocycles. The van der Waals surface area contributed by atoms with Gasteiger partial charge >= 0.3 is 5.97 Å². The number of hydrogen-bond acceptors (Lipinski definition) is 7. The van der Waals surface area contributed by atoms with Crippen molar-refractivity contribution in [3.8, 4) is 11.5 Å². The number of nitrogens with zero attached hydrogens (tertiary/aromatic N) is 1. The van der Waals surface area contributed by atoms with Gasteiger partial charge in [0, 0.05) is 6.54 Å². The molecular formula is C23H23N3O6. The van der Waals surface area contributed by atoms with Gasteiger partial charge in [0.1, 0.15) is 5.82 Å². The molecule has 0 spiro atoms. The first-order valence-electron chi connectivity index (χ1n) is 9.83. The van der Waals surface area contributed by atoms with Crippen LogP contribution in [-0.4, -0.2) is 49.2 Å². The molecule has 0 atom stereocenters. The molecule has 166 valence electrons. The lowest BCUT2D eigenvalue weighted by Crippen LogP contribution is -2.28. The fourth-order valence-electron chi connectivity index (χ4n) is 2.96. The molecule has 2 N–H and O–H groups in total. The number of H-pyrrole nitrogens is 1. The van der Waals surface area contributed by atoms with Crippen LogP contribution < -0.4 is 20.3 Å². The Morgan fingerprint density at radius 2 is 1.91 bits per heavy atom. The summed E-state index contributed by atoms with van der Waals surface area (Å²) in [6, 6.07) is 9.76. The SMILES string of the molecule is CCNC(=O)COc1ccc(/C=C/c2nc3cc(C(=O)OC)ccc3c(=O)[nH]2)cc1OC. The molecule has 0 bridgehead atoms. The van der Waals surface area contributed by atoms with Crippen molar-refractivity contribution in [3.05, 3.63) is 63.7 Å². The highest BCUT2D eigenvalue weighted by atomic mass is 16.5. The summed E-state index contributed by atoms with van der Waals surface area (Å²) in [4.78, 5) is 42.8. The minimum absolute atomic E-state index is 0.116. The van der Waals surface area contributed by atoms with E-state index in [4.69, 9.17) is 14.2 Å². The third kappa shape index (κ3) is 5.31. The Kier molecular flexibility index (Phi) is 7.22. The quantitative estimate of drug-likeness (QED) is 0.519. The van der Waals surface area contributed by atoms with Crippen molar-refractivity contribution in [1.82, 2.24) is 15.3 Å². The molecule has 1 aromatic heterocycles. The molecular weight excluding hydrogens is 414 g/mol. The second-order valence-electron chi connectivity index (χ2n) is 6.66. The van der Waals surface area contributed by atoms with E-state index in [-0.39, 0.29) is 18.1 Å². The minimum Gasteiger partial charge on any atom is -0.493 e. The molecule has 1 heterocycles. The summed E-state index contributed by atoms with van der Waals surface area (Å²) in [7, 11) is 2.79. The van der Waals surface area contributed by atoms with Gasteiger partial charge < -0.3 is 24.5 Å². The van der Waals surface area contributed by atoms with Gasteiger partial charge in [-0.25, -0.2) is 9.78 Å². The number of carbonyl (C=O) groups excluding carboxylic acids is 2. The van der Waals surface area contributed by atoms with Gasteiger partial charge in [-0.15, -0.1) is 0 Å². The number of methoxy groups -OCH3 is 2. The molecule has 9 heteroatoms. The van der Waals surface area contributed by atoms with Crippen LogP contribution in [0.1, 0.15) is 28.7 Å². The summed E-state index contributed by atoms with van der Waals surface area (Å²) in [5.41, 5.74) is 1.12. The van der Waals surface area contributed by atoms with Crippen LogP contribution in [0.5, 0.6) is 11.5 Å². The van der Waals surface area contributed by atoms with Crippen LogP contribution in [0.4, 0.5) is 0 Å². The standard InChI is InChI=1S/C23H23N3O6/c1-4-24-21(27)13-32-18-9-5-14(11-19(18)30-2)6-10-20-25-17-12-15(23(29)31-3)7-8-16(17)22(28)26-20/h5-12H,4,13H2,1-3H3,(H,24,27)(H,25,26,28)/b10-6+. The first-order valence-corrected chi connectivity index (χ1v) is 9.83. The maximum absolute atomic E-state index is 12.4. The molecule has 0 aliphatic heterocycles. The van der Waals surface area contributed by atoms with E-state index >= 15 is 0 Å². The smallest absolute Gasteiger partial charge is 0.337 e. The zero-order valence-electron chi connectivity index (χ0n) is 17.9. The second-order valence-corrected chi connectivity index (χ2v) is 6.66. The average Bonchev–Trinajstić information content (AvgIpc) is 2.80. The molecule has 0 aliphatic carbocycles. The highest BCUT2D eigenvalue weighted by molar-refractivity contribution is 5.94. The molecule has 3 aromatic rings. The summed E-state index contributed by atoms with van der Waals surface area (Å²) >= 11 is 0. The van der Waals surface area contributed by atoms with Crippen molar-refractivity contribution in [2.24, 2.45) is 0 Å². The van der Waals surface area contributed by atoms with Crippen molar-refractivity contribution in [2.45, 2.75) is 6.92 Å².